The third-order valence-corrected chi connectivity index (χ3v) is 5.38. The Morgan fingerprint density at radius 2 is 1.78 bits per heavy atom. The van der Waals surface area contributed by atoms with Gasteiger partial charge in [0, 0.05) is 10.9 Å². The summed E-state index contributed by atoms with van der Waals surface area (Å²) in [5.41, 5.74) is 1.28. The summed E-state index contributed by atoms with van der Waals surface area (Å²) in [4.78, 5) is 11.4. The third-order valence-electron chi connectivity index (χ3n) is 3.20. The van der Waals surface area contributed by atoms with E-state index < -0.39 is 16.0 Å². The molecule has 0 amide bonds. The summed E-state index contributed by atoms with van der Waals surface area (Å²) in [5.74, 6) is -1.13. The summed E-state index contributed by atoms with van der Waals surface area (Å²) >= 11 is 1.45. The van der Waals surface area contributed by atoms with E-state index in [-0.39, 0.29) is 11.3 Å². The molecule has 0 saturated heterocycles. The van der Waals surface area contributed by atoms with Crippen LogP contribution in [0.4, 0.5) is 5.69 Å². The molecule has 0 spiro atoms. The largest absolute Gasteiger partial charge is 0.550 e. The molecule has 0 heterocycles. The monoisotopic (exact) mass is 350 g/mol. The highest BCUT2D eigenvalue weighted by atomic mass is 32.2. The van der Waals surface area contributed by atoms with Gasteiger partial charge in [-0.25, -0.2) is 8.42 Å². The van der Waals surface area contributed by atoms with Crippen LogP contribution in [0.1, 0.15) is 12.0 Å². The van der Waals surface area contributed by atoms with Crippen LogP contribution >= 0.6 is 11.8 Å². The Morgan fingerprint density at radius 1 is 1.13 bits per heavy atom. The van der Waals surface area contributed by atoms with Gasteiger partial charge in [0.2, 0.25) is 0 Å². The zero-order valence-corrected chi connectivity index (χ0v) is 14.1. The molecule has 0 aliphatic heterocycles. The van der Waals surface area contributed by atoms with Crippen molar-refractivity contribution in [1.29, 1.82) is 0 Å². The molecular formula is C16H16NO4S2-. The molecule has 0 bridgehead atoms. The molecule has 0 aliphatic rings. The van der Waals surface area contributed by atoms with Gasteiger partial charge in [-0.1, -0.05) is 24.3 Å². The summed E-state index contributed by atoms with van der Waals surface area (Å²) in [6.45, 7) is 0. The van der Waals surface area contributed by atoms with E-state index in [4.69, 9.17) is 0 Å². The molecule has 5 nitrogen and oxygen atoms in total. The van der Waals surface area contributed by atoms with Crippen molar-refractivity contribution in [2.45, 2.75) is 22.6 Å². The molecule has 0 unspecified atom stereocenters. The Morgan fingerprint density at radius 3 is 2.39 bits per heavy atom. The first kappa shape index (κ1) is 17.4. The average Bonchev–Trinajstić information content (AvgIpc) is 2.53. The van der Waals surface area contributed by atoms with E-state index in [1.165, 1.54) is 23.9 Å². The molecule has 2 aromatic rings. The normalized spacial score (nSPS) is 11.2. The molecule has 7 heteroatoms. The van der Waals surface area contributed by atoms with Crippen molar-refractivity contribution in [2.75, 3.05) is 11.0 Å². The van der Waals surface area contributed by atoms with Crippen LogP contribution in [0, 0.1) is 0 Å². The lowest BCUT2D eigenvalue weighted by molar-refractivity contribution is -0.305. The van der Waals surface area contributed by atoms with Gasteiger partial charge in [0.1, 0.15) is 0 Å². The molecule has 1 N–H and O–H groups in total. The second kappa shape index (κ2) is 7.52. The van der Waals surface area contributed by atoms with Gasteiger partial charge in [-0.05, 0) is 48.9 Å². The number of hydrogen-bond donors (Lipinski definition) is 1. The van der Waals surface area contributed by atoms with Crippen LogP contribution < -0.4 is 9.83 Å². The molecule has 0 saturated carbocycles. The smallest absolute Gasteiger partial charge is 0.261 e. The lowest BCUT2D eigenvalue weighted by atomic mass is 10.1. The zero-order valence-electron chi connectivity index (χ0n) is 12.5. The number of rotatable bonds is 7. The number of para-hydroxylation sites is 1. The standard InChI is InChI=1S/C16H17NO4S2/c1-22-15-5-3-2-4-14(15)17-23(20,21)13-9-6-12(7-10-13)8-11-16(18)19/h2-7,9-10,17H,8,11H2,1H3,(H,18,19)/p-1. The van der Waals surface area contributed by atoms with Crippen LogP contribution in [0.3, 0.4) is 0 Å². The first-order valence-corrected chi connectivity index (χ1v) is 9.58. The van der Waals surface area contributed by atoms with Gasteiger partial charge in [-0.3, -0.25) is 4.72 Å². The van der Waals surface area contributed by atoms with Gasteiger partial charge in [0.25, 0.3) is 10.0 Å². The summed E-state index contributed by atoms with van der Waals surface area (Å²) in [6.07, 6.45) is 2.09. The second-order valence-corrected chi connectivity index (χ2v) is 7.35. The van der Waals surface area contributed by atoms with Crippen molar-refractivity contribution >= 4 is 33.4 Å². The van der Waals surface area contributed by atoms with Crippen LogP contribution in [0.2, 0.25) is 0 Å². The Kier molecular flexibility index (Phi) is 5.68. The highest BCUT2D eigenvalue weighted by Gasteiger charge is 2.15. The number of nitrogens with one attached hydrogen (secondary N) is 1. The van der Waals surface area contributed by atoms with E-state index >= 15 is 0 Å². The molecule has 0 fully saturated rings. The number of thioether (sulfide) groups is 1. The van der Waals surface area contributed by atoms with Crippen molar-refractivity contribution in [3.05, 3.63) is 54.1 Å². The van der Waals surface area contributed by atoms with Crippen LogP contribution in [-0.2, 0) is 21.2 Å². The molecular weight excluding hydrogens is 334 g/mol. The lowest BCUT2D eigenvalue weighted by Crippen LogP contribution is -2.22. The van der Waals surface area contributed by atoms with Crippen molar-refractivity contribution in [3.63, 3.8) is 0 Å². The highest BCUT2D eigenvalue weighted by molar-refractivity contribution is 7.99. The fourth-order valence-corrected chi connectivity index (χ4v) is 3.71. The number of anilines is 1. The number of carboxylic acid groups (broad SMARTS) is 1. The van der Waals surface area contributed by atoms with Crippen molar-refractivity contribution in [3.8, 4) is 0 Å². The van der Waals surface area contributed by atoms with Gasteiger partial charge < -0.3 is 9.90 Å². The fraction of sp³-hybridized carbons (Fsp3) is 0.188. The number of carbonyl (C=O) groups excluding carboxylic acids is 1. The summed E-state index contributed by atoms with van der Waals surface area (Å²) < 4.78 is 27.4. The van der Waals surface area contributed by atoms with Gasteiger partial charge in [0.15, 0.2) is 0 Å². The zero-order chi connectivity index (χ0) is 16.9. The quantitative estimate of drug-likeness (QED) is 0.771. The number of sulfonamides is 1. The minimum atomic E-state index is -3.69. The number of hydrogen-bond acceptors (Lipinski definition) is 5. The second-order valence-electron chi connectivity index (χ2n) is 4.82. The molecule has 23 heavy (non-hydrogen) atoms. The van der Waals surface area contributed by atoms with Gasteiger partial charge in [-0.15, -0.1) is 11.8 Å². The minimum absolute atomic E-state index is 0.0918. The maximum absolute atomic E-state index is 12.4. The van der Waals surface area contributed by atoms with E-state index in [1.807, 2.05) is 18.4 Å². The molecule has 0 aromatic heterocycles. The maximum atomic E-state index is 12.4. The maximum Gasteiger partial charge on any atom is 0.261 e. The molecule has 2 rings (SSSR count). The van der Waals surface area contributed by atoms with Crippen LogP contribution in [0.25, 0.3) is 0 Å². The summed E-state index contributed by atoms with van der Waals surface area (Å²) in [7, 11) is -3.69. The predicted molar refractivity (Wildman–Crippen MR) is 88.8 cm³/mol. The fourth-order valence-electron chi connectivity index (χ4n) is 2.01. The van der Waals surface area contributed by atoms with Crippen LogP contribution in [0.5, 0.6) is 0 Å². The Balaban J connectivity index is 2.17. The SMILES string of the molecule is CSc1ccccc1NS(=O)(=O)c1ccc(CCC(=O)[O-])cc1. The average molecular weight is 350 g/mol. The van der Waals surface area contributed by atoms with E-state index in [0.29, 0.717) is 12.1 Å². The first-order valence-electron chi connectivity index (χ1n) is 6.87. The van der Waals surface area contributed by atoms with Crippen LogP contribution in [-0.4, -0.2) is 20.6 Å². The Hall–Kier alpha value is -1.99. The minimum Gasteiger partial charge on any atom is -0.550 e. The molecule has 122 valence electrons. The van der Waals surface area contributed by atoms with Gasteiger partial charge in [0.05, 0.1) is 10.6 Å². The number of carbonyl (C=O) groups is 1. The number of aryl methyl sites for hydroxylation is 1. The van der Waals surface area contributed by atoms with E-state index in [9.17, 15) is 18.3 Å². The van der Waals surface area contributed by atoms with E-state index in [1.54, 1.807) is 24.3 Å². The molecule has 0 radical (unpaired) electrons. The van der Waals surface area contributed by atoms with Crippen LogP contribution in [0.15, 0.2) is 58.3 Å². The highest BCUT2D eigenvalue weighted by Crippen LogP contribution is 2.27. The Bertz CT molecular complexity index is 786. The Labute approximate surface area is 139 Å². The number of aliphatic carboxylic acids is 1. The van der Waals surface area contributed by atoms with Crippen molar-refractivity contribution in [1.82, 2.24) is 0 Å². The van der Waals surface area contributed by atoms with E-state index in [0.717, 1.165) is 10.5 Å². The van der Waals surface area contributed by atoms with Gasteiger partial charge >= 0.3 is 0 Å². The number of carboxylic acids is 1. The van der Waals surface area contributed by atoms with Crippen molar-refractivity contribution < 1.29 is 18.3 Å². The molecule has 0 atom stereocenters. The lowest BCUT2D eigenvalue weighted by Gasteiger charge is -2.11. The third kappa shape index (κ3) is 4.74. The predicted octanol–water partition coefficient (Wildman–Crippen LogP) is 1.89. The van der Waals surface area contributed by atoms with E-state index in [2.05, 4.69) is 4.72 Å². The summed E-state index contributed by atoms with van der Waals surface area (Å²) in [5, 5.41) is 10.4. The first-order chi connectivity index (χ1) is 10.9. The molecule has 2 aromatic carbocycles. The number of benzene rings is 2. The molecule has 0 aliphatic carbocycles. The van der Waals surface area contributed by atoms with Gasteiger partial charge in [-0.2, -0.15) is 0 Å². The summed E-state index contributed by atoms with van der Waals surface area (Å²) in [6, 6.07) is 13.3. The topological polar surface area (TPSA) is 86.3 Å². The van der Waals surface area contributed by atoms with Crippen molar-refractivity contribution in [2.24, 2.45) is 0 Å².